The molecule has 1 aromatic rings. The molecule has 0 spiro atoms. The van der Waals surface area contributed by atoms with Crippen LogP contribution >= 0.6 is 0 Å². The van der Waals surface area contributed by atoms with Gasteiger partial charge < -0.3 is 10.0 Å². The van der Waals surface area contributed by atoms with Crippen molar-refractivity contribution in [2.75, 3.05) is 13.1 Å². The molecule has 6 heteroatoms. The summed E-state index contributed by atoms with van der Waals surface area (Å²) < 4.78 is 1.11. The Morgan fingerprint density at radius 3 is 2.68 bits per heavy atom. The van der Waals surface area contributed by atoms with Gasteiger partial charge in [0.1, 0.15) is 11.6 Å². The fourth-order valence-corrected chi connectivity index (χ4v) is 1.86. The average molecular weight is 263 g/mol. The maximum absolute atomic E-state index is 11.8. The van der Waals surface area contributed by atoms with E-state index in [1.54, 1.807) is 11.8 Å². The molecule has 0 fully saturated rings. The van der Waals surface area contributed by atoms with Crippen LogP contribution in [0.25, 0.3) is 0 Å². The van der Waals surface area contributed by atoms with Gasteiger partial charge in [0.15, 0.2) is 0 Å². The second-order valence-electron chi connectivity index (χ2n) is 4.23. The van der Waals surface area contributed by atoms with Crippen LogP contribution in [0.4, 0.5) is 0 Å². The Hall–Kier alpha value is -2.29. The van der Waals surface area contributed by atoms with Crippen LogP contribution in [0.1, 0.15) is 25.0 Å². The number of hydrogen-bond acceptors (Lipinski definition) is 4. The molecule has 0 saturated heterocycles. The molecule has 1 heterocycles. The number of nitrogens with zero attached hydrogens (tertiary/aromatic N) is 3. The number of aromatic hydroxyl groups is 1. The van der Waals surface area contributed by atoms with Crippen molar-refractivity contribution in [1.82, 2.24) is 9.47 Å². The standard InChI is InChI=1S/C13H17N3O3/c1-4-15(10(3)17)5-6-16-12(18)7-9(2)11(8-14)13(16)19/h7,19H,4-6H2,1-3H3. The van der Waals surface area contributed by atoms with Gasteiger partial charge in [0.2, 0.25) is 11.8 Å². The van der Waals surface area contributed by atoms with Gasteiger partial charge in [-0.05, 0) is 19.4 Å². The van der Waals surface area contributed by atoms with Crippen molar-refractivity contribution < 1.29 is 9.90 Å². The van der Waals surface area contributed by atoms with Crippen molar-refractivity contribution in [2.24, 2.45) is 0 Å². The third-order valence-electron chi connectivity index (χ3n) is 3.01. The lowest BCUT2D eigenvalue weighted by Gasteiger charge is -2.20. The highest BCUT2D eigenvalue weighted by atomic mass is 16.3. The molecule has 0 bridgehead atoms. The maximum atomic E-state index is 11.8. The predicted octanol–water partition coefficient (Wildman–Crippen LogP) is 0.602. The number of carbonyl (C=O) groups excluding carboxylic acids is 1. The Morgan fingerprint density at radius 2 is 2.21 bits per heavy atom. The highest BCUT2D eigenvalue weighted by Gasteiger charge is 2.13. The highest BCUT2D eigenvalue weighted by Crippen LogP contribution is 2.17. The molecule has 0 aliphatic heterocycles. The van der Waals surface area contributed by atoms with E-state index in [-0.39, 0.29) is 29.5 Å². The first-order chi connectivity index (χ1) is 8.92. The average Bonchev–Trinajstić information content (AvgIpc) is 2.33. The summed E-state index contributed by atoms with van der Waals surface area (Å²) in [7, 11) is 0. The number of aromatic nitrogens is 1. The smallest absolute Gasteiger partial charge is 0.253 e. The number of aryl methyl sites for hydroxylation is 1. The molecule has 1 amide bonds. The number of rotatable bonds is 4. The number of likely N-dealkylation sites (N-methyl/N-ethyl adjacent to an activating group) is 1. The van der Waals surface area contributed by atoms with E-state index in [1.807, 2.05) is 13.0 Å². The molecular formula is C13H17N3O3. The van der Waals surface area contributed by atoms with Gasteiger partial charge in [0.25, 0.3) is 5.56 Å². The first-order valence-electron chi connectivity index (χ1n) is 6.01. The summed E-state index contributed by atoms with van der Waals surface area (Å²) in [6, 6.07) is 3.17. The summed E-state index contributed by atoms with van der Waals surface area (Å²) in [5.74, 6) is -0.435. The molecule has 19 heavy (non-hydrogen) atoms. The monoisotopic (exact) mass is 263 g/mol. The van der Waals surface area contributed by atoms with Crippen LogP contribution in [0.2, 0.25) is 0 Å². The van der Waals surface area contributed by atoms with Crippen LogP contribution in [0, 0.1) is 18.3 Å². The number of hydrogen-bond donors (Lipinski definition) is 1. The molecule has 0 atom stereocenters. The Morgan fingerprint density at radius 1 is 1.58 bits per heavy atom. The molecule has 0 aliphatic rings. The minimum atomic E-state index is -0.381. The normalized spacial score (nSPS) is 10.0. The quantitative estimate of drug-likeness (QED) is 0.862. The molecule has 0 aromatic carbocycles. The van der Waals surface area contributed by atoms with Gasteiger partial charge in [0.05, 0.1) is 0 Å². The van der Waals surface area contributed by atoms with Gasteiger partial charge in [-0.3, -0.25) is 14.2 Å². The van der Waals surface area contributed by atoms with E-state index in [9.17, 15) is 14.7 Å². The van der Waals surface area contributed by atoms with E-state index in [1.165, 1.54) is 13.0 Å². The van der Waals surface area contributed by atoms with Crippen LogP contribution in [-0.4, -0.2) is 33.6 Å². The van der Waals surface area contributed by atoms with E-state index in [4.69, 9.17) is 5.26 Å². The summed E-state index contributed by atoms with van der Waals surface area (Å²) in [6.45, 7) is 5.88. The van der Waals surface area contributed by atoms with Gasteiger partial charge in [-0.1, -0.05) is 0 Å². The number of pyridine rings is 1. The van der Waals surface area contributed by atoms with Crippen molar-refractivity contribution >= 4 is 5.91 Å². The molecule has 1 rings (SSSR count). The van der Waals surface area contributed by atoms with Crippen LogP contribution in [0.5, 0.6) is 5.88 Å². The zero-order valence-corrected chi connectivity index (χ0v) is 11.3. The minimum absolute atomic E-state index is 0.0884. The van der Waals surface area contributed by atoms with Crippen molar-refractivity contribution in [1.29, 1.82) is 5.26 Å². The lowest BCUT2D eigenvalue weighted by atomic mass is 10.1. The van der Waals surface area contributed by atoms with Crippen molar-refractivity contribution in [3.05, 3.63) is 27.5 Å². The lowest BCUT2D eigenvalue weighted by Crippen LogP contribution is -2.34. The Kier molecular flexibility index (Phi) is 4.70. The van der Waals surface area contributed by atoms with E-state index in [0.29, 0.717) is 18.7 Å². The second kappa shape index (κ2) is 6.05. The second-order valence-corrected chi connectivity index (χ2v) is 4.23. The van der Waals surface area contributed by atoms with Gasteiger partial charge in [-0.2, -0.15) is 5.26 Å². The first-order valence-corrected chi connectivity index (χ1v) is 6.01. The van der Waals surface area contributed by atoms with Crippen LogP contribution in [0.3, 0.4) is 0 Å². The molecule has 0 radical (unpaired) electrons. The number of amides is 1. The topological polar surface area (TPSA) is 86.3 Å². The third-order valence-corrected chi connectivity index (χ3v) is 3.01. The Labute approximate surface area is 111 Å². The molecule has 0 aliphatic carbocycles. The molecule has 0 saturated carbocycles. The summed E-state index contributed by atoms with van der Waals surface area (Å²) in [5, 5.41) is 18.8. The maximum Gasteiger partial charge on any atom is 0.253 e. The summed E-state index contributed by atoms with van der Waals surface area (Å²) in [6.07, 6.45) is 0. The van der Waals surface area contributed by atoms with Crippen molar-refractivity contribution in [3.8, 4) is 11.9 Å². The SMILES string of the molecule is CCN(CCn1c(O)c(C#N)c(C)cc1=O)C(C)=O. The largest absolute Gasteiger partial charge is 0.493 e. The van der Waals surface area contributed by atoms with Crippen LogP contribution in [-0.2, 0) is 11.3 Å². The third kappa shape index (κ3) is 3.13. The summed E-state index contributed by atoms with van der Waals surface area (Å²) in [4.78, 5) is 24.6. The number of nitriles is 1. The van der Waals surface area contributed by atoms with Gasteiger partial charge in [-0.15, -0.1) is 0 Å². The first kappa shape index (κ1) is 14.8. The molecule has 6 nitrogen and oxygen atoms in total. The summed E-state index contributed by atoms with van der Waals surface area (Å²) >= 11 is 0. The summed E-state index contributed by atoms with van der Waals surface area (Å²) in [5.41, 5.74) is 0.152. The number of carbonyl (C=O) groups is 1. The Bertz CT molecular complexity index is 584. The lowest BCUT2D eigenvalue weighted by molar-refractivity contribution is -0.128. The van der Waals surface area contributed by atoms with E-state index in [2.05, 4.69) is 0 Å². The zero-order valence-electron chi connectivity index (χ0n) is 11.3. The molecule has 1 N–H and O–H groups in total. The predicted molar refractivity (Wildman–Crippen MR) is 69.7 cm³/mol. The van der Waals surface area contributed by atoms with Gasteiger partial charge in [0, 0.05) is 32.6 Å². The van der Waals surface area contributed by atoms with Crippen molar-refractivity contribution in [2.45, 2.75) is 27.3 Å². The van der Waals surface area contributed by atoms with Crippen molar-refractivity contribution in [3.63, 3.8) is 0 Å². The fraction of sp³-hybridized carbons (Fsp3) is 0.462. The van der Waals surface area contributed by atoms with Gasteiger partial charge in [-0.25, -0.2) is 0 Å². The van der Waals surface area contributed by atoms with E-state index < -0.39 is 0 Å². The molecular weight excluding hydrogens is 246 g/mol. The Balaban J connectivity index is 3.06. The molecule has 0 unspecified atom stereocenters. The van der Waals surface area contributed by atoms with E-state index >= 15 is 0 Å². The molecule has 1 aromatic heterocycles. The van der Waals surface area contributed by atoms with Crippen LogP contribution < -0.4 is 5.56 Å². The zero-order chi connectivity index (χ0) is 14.6. The van der Waals surface area contributed by atoms with Gasteiger partial charge >= 0.3 is 0 Å². The van der Waals surface area contributed by atoms with Crippen LogP contribution in [0.15, 0.2) is 10.9 Å². The van der Waals surface area contributed by atoms with E-state index in [0.717, 1.165) is 4.57 Å². The highest BCUT2D eigenvalue weighted by molar-refractivity contribution is 5.73. The molecule has 102 valence electrons. The minimum Gasteiger partial charge on any atom is -0.493 e. The fourth-order valence-electron chi connectivity index (χ4n) is 1.86.